The smallest absolute Gasteiger partial charge is 0.289 e. The number of furan rings is 1. The zero-order valence-corrected chi connectivity index (χ0v) is 13.5. The van der Waals surface area contributed by atoms with Gasteiger partial charge in [0.25, 0.3) is 5.91 Å². The lowest BCUT2D eigenvalue weighted by Crippen LogP contribution is -2.57. The quantitative estimate of drug-likeness (QED) is 0.851. The van der Waals surface area contributed by atoms with Crippen molar-refractivity contribution in [2.45, 2.75) is 0 Å². The van der Waals surface area contributed by atoms with Crippen molar-refractivity contribution in [3.63, 3.8) is 0 Å². The molecule has 0 aliphatic carbocycles. The van der Waals surface area contributed by atoms with Gasteiger partial charge in [0.2, 0.25) is 0 Å². The van der Waals surface area contributed by atoms with E-state index in [-0.39, 0.29) is 23.3 Å². The summed E-state index contributed by atoms with van der Waals surface area (Å²) in [6.45, 7) is 1.21. The molecular formula is C16H17NO5S. The van der Waals surface area contributed by atoms with Gasteiger partial charge < -0.3 is 14.1 Å². The summed E-state index contributed by atoms with van der Waals surface area (Å²) in [6, 6.07) is 7.23. The van der Waals surface area contributed by atoms with E-state index in [0.717, 1.165) is 5.39 Å². The number of rotatable bonds is 3. The molecule has 7 heteroatoms. The minimum Gasteiger partial charge on any atom is -0.493 e. The van der Waals surface area contributed by atoms with Crippen LogP contribution in [-0.2, 0) is 9.84 Å². The second-order valence-corrected chi connectivity index (χ2v) is 8.45. The number of carbonyl (C=O) groups is 1. The fraction of sp³-hybridized carbons (Fsp3) is 0.438. The first-order chi connectivity index (χ1) is 11.0. The monoisotopic (exact) mass is 335 g/mol. The van der Waals surface area contributed by atoms with Gasteiger partial charge in [-0.1, -0.05) is 12.1 Å². The number of nitrogens with zero attached hydrogens (tertiary/aromatic N) is 1. The maximum atomic E-state index is 12.5. The van der Waals surface area contributed by atoms with Crippen molar-refractivity contribution in [1.29, 1.82) is 0 Å². The molecule has 4 rings (SSSR count). The summed E-state index contributed by atoms with van der Waals surface area (Å²) in [4.78, 5) is 14.2. The van der Waals surface area contributed by atoms with Crippen LogP contribution in [0.5, 0.6) is 5.75 Å². The van der Waals surface area contributed by atoms with Crippen LogP contribution in [-0.4, -0.2) is 50.9 Å². The highest BCUT2D eigenvalue weighted by Crippen LogP contribution is 2.34. The Balaban J connectivity index is 1.46. The van der Waals surface area contributed by atoms with E-state index in [1.807, 2.05) is 12.1 Å². The van der Waals surface area contributed by atoms with Crippen LogP contribution in [0.1, 0.15) is 10.6 Å². The van der Waals surface area contributed by atoms with E-state index >= 15 is 0 Å². The zero-order valence-electron chi connectivity index (χ0n) is 12.7. The van der Waals surface area contributed by atoms with Crippen LogP contribution in [0.4, 0.5) is 0 Å². The number of benzene rings is 1. The van der Waals surface area contributed by atoms with Crippen molar-refractivity contribution in [2.75, 3.05) is 31.7 Å². The third-order valence-electron chi connectivity index (χ3n) is 4.74. The van der Waals surface area contributed by atoms with Crippen molar-refractivity contribution in [1.82, 2.24) is 4.90 Å². The van der Waals surface area contributed by atoms with Crippen LogP contribution in [0.25, 0.3) is 11.0 Å². The summed E-state index contributed by atoms with van der Waals surface area (Å²) >= 11 is 0. The minimum atomic E-state index is -2.80. The van der Waals surface area contributed by atoms with Crippen LogP contribution >= 0.6 is 0 Å². The standard InChI is InChI=1S/C16H17NO5S/c1-21-13-4-2-3-10-5-14(22-15(10)13)16(18)17-6-11(7-17)12-8-23(19,20)9-12/h2-5,11-12H,6-9H2,1H3. The molecule has 23 heavy (non-hydrogen) atoms. The lowest BCUT2D eigenvalue weighted by molar-refractivity contribution is 0.0371. The summed E-state index contributed by atoms with van der Waals surface area (Å²) in [7, 11) is -1.24. The lowest BCUT2D eigenvalue weighted by atomic mass is 9.87. The Bertz CT molecular complexity index is 867. The van der Waals surface area contributed by atoms with E-state index in [2.05, 4.69) is 0 Å². The molecule has 0 bridgehead atoms. The van der Waals surface area contributed by atoms with Gasteiger partial charge in [0.15, 0.2) is 26.9 Å². The van der Waals surface area contributed by atoms with Crippen LogP contribution < -0.4 is 4.74 Å². The second-order valence-electron chi connectivity index (χ2n) is 6.30. The third kappa shape index (κ3) is 2.39. The van der Waals surface area contributed by atoms with Crippen LogP contribution in [0.2, 0.25) is 0 Å². The highest BCUT2D eigenvalue weighted by Gasteiger charge is 2.45. The highest BCUT2D eigenvalue weighted by molar-refractivity contribution is 7.92. The van der Waals surface area contributed by atoms with Crippen LogP contribution in [0.3, 0.4) is 0 Å². The van der Waals surface area contributed by atoms with E-state index in [9.17, 15) is 13.2 Å². The molecule has 1 aromatic carbocycles. The van der Waals surface area contributed by atoms with Gasteiger partial charge in [0.05, 0.1) is 18.6 Å². The molecule has 6 nitrogen and oxygen atoms in total. The summed E-state index contributed by atoms with van der Waals surface area (Å²) < 4.78 is 33.4. The molecule has 2 saturated heterocycles. The number of methoxy groups -OCH3 is 1. The molecular weight excluding hydrogens is 318 g/mol. The number of hydrogen-bond acceptors (Lipinski definition) is 5. The molecule has 122 valence electrons. The molecule has 0 unspecified atom stereocenters. The second kappa shape index (κ2) is 4.99. The molecule has 0 radical (unpaired) electrons. The first-order valence-electron chi connectivity index (χ1n) is 7.53. The fourth-order valence-electron chi connectivity index (χ4n) is 3.31. The zero-order chi connectivity index (χ0) is 16.2. The Hall–Kier alpha value is -2.02. The van der Waals surface area contributed by atoms with E-state index in [4.69, 9.17) is 9.15 Å². The van der Waals surface area contributed by atoms with Crippen LogP contribution in [0, 0.1) is 11.8 Å². The van der Waals surface area contributed by atoms with Crippen molar-refractivity contribution < 1.29 is 22.4 Å². The Morgan fingerprint density at radius 3 is 2.65 bits per heavy atom. The predicted octanol–water partition coefficient (Wildman–Crippen LogP) is 1.56. The number of fused-ring (bicyclic) bond motifs is 1. The van der Waals surface area contributed by atoms with Gasteiger partial charge in [0, 0.05) is 18.5 Å². The molecule has 2 aromatic rings. The Morgan fingerprint density at radius 2 is 2.00 bits per heavy atom. The maximum Gasteiger partial charge on any atom is 0.289 e. The Kier molecular flexibility index (Phi) is 3.16. The van der Waals surface area contributed by atoms with Gasteiger partial charge >= 0.3 is 0 Å². The third-order valence-corrected chi connectivity index (χ3v) is 6.61. The number of ether oxygens (including phenoxy) is 1. The molecule has 0 atom stereocenters. The Morgan fingerprint density at radius 1 is 1.26 bits per heavy atom. The van der Waals surface area contributed by atoms with Crippen molar-refractivity contribution >= 4 is 26.7 Å². The van der Waals surface area contributed by atoms with Gasteiger partial charge in [0.1, 0.15) is 0 Å². The highest BCUT2D eigenvalue weighted by atomic mass is 32.2. The first kappa shape index (κ1) is 14.6. The molecule has 0 spiro atoms. The van der Waals surface area contributed by atoms with E-state index in [1.165, 1.54) is 0 Å². The van der Waals surface area contributed by atoms with Crippen molar-refractivity contribution in [3.8, 4) is 5.75 Å². The molecule has 1 aromatic heterocycles. The predicted molar refractivity (Wildman–Crippen MR) is 84.3 cm³/mol. The van der Waals surface area contributed by atoms with E-state index in [0.29, 0.717) is 36.1 Å². The van der Waals surface area contributed by atoms with Crippen molar-refractivity contribution in [2.24, 2.45) is 11.8 Å². The average Bonchev–Trinajstić information content (AvgIpc) is 2.87. The van der Waals surface area contributed by atoms with E-state index < -0.39 is 9.84 Å². The van der Waals surface area contributed by atoms with Gasteiger partial charge in [-0.2, -0.15) is 0 Å². The summed E-state index contributed by atoms with van der Waals surface area (Å²) in [6.07, 6.45) is 0. The summed E-state index contributed by atoms with van der Waals surface area (Å²) in [5.74, 6) is 1.78. The van der Waals surface area contributed by atoms with Gasteiger partial charge in [-0.15, -0.1) is 0 Å². The number of para-hydroxylation sites is 1. The SMILES string of the molecule is COc1cccc2cc(C(=O)N3CC(C4CS(=O)(=O)C4)C3)oc12. The van der Waals surface area contributed by atoms with Crippen molar-refractivity contribution in [3.05, 3.63) is 30.0 Å². The maximum absolute atomic E-state index is 12.5. The lowest BCUT2D eigenvalue weighted by Gasteiger charge is -2.45. The number of amides is 1. The first-order valence-corrected chi connectivity index (χ1v) is 9.35. The number of carbonyl (C=O) groups excluding carboxylic acids is 1. The van der Waals surface area contributed by atoms with Gasteiger partial charge in [-0.05, 0) is 24.0 Å². The largest absolute Gasteiger partial charge is 0.493 e. The average molecular weight is 335 g/mol. The molecule has 0 N–H and O–H groups in total. The normalized spacial score (nSPS) is 21.0. The summed E-state index contributed by atoms with van der Waals surface area (Å²) in [5, 5.41) is 0.829. The number of likely N-dealkylation sites (tertiary alicyclic amines) is 1. The number of sulfone groups is 1. The Labute approximate surface area is 133 Å². The molecule has 0 saturated carbocycles. The summed E-state index contributed by atoms with van der Waals surface area (Å²) in [5.41, 5.74) is 0.570. The van der Waals surface area contributed by atoms with Crippen LogP contribution in [0.15, 0.2) is 28.7 Å². The fourth-order valence-corrected chi connectivity index (χ4v) is 5.06. The molecule has 2 fully saturated rings. The van der Waals surface area contributed by atoms with Gasteiger partial charge in [-0.25, -0.2) is 8.42 Å². The van der Waals surface area contributed by atoms with E-state index in [1.54, 1.807) is 24.1 Å². The molecule has 1 amide bonds. The molecule has 2 aliphatic heterocycles. The minimum absolute atomic E-state index is 0.151. The topological polar surface area (TPSA) is 76.8 Å². The molecule has 2 aliphatic rings. The van der Waals surface area contributed by atoms with Gasteiger partial charge in [-0.3, -0.25) is 4.79 Å². The molecule has 3 heterocycles. The number of hydrogen-bond donors (Lipinski definition) is 0.